The Kier molecular flexibility index (Phi) is 55.2. The van der Waals surface area contributed by atoms with Gasteiger partial charge in [-0.3, -0.25) is 18.6 Å². The molecule has 0 saturated heterocycles. The van der Waals surface area contributed by atoms with Crippen molar-refractivity contribution in [3.63, 3.8) is 0 Å². The second-order valence-corrected chi connectivity index (χ2v) is 22.1. The first-order valence-corrected chi connectivity index (χ1v) is 32.0. The molecule has 0 aliphatic carbocycles. The minimum Gasteiger partial charge on any atom is -0.462 e. The summed E-state index contributed by atoms with van der Waals surface area (Å²) in [5, 5.41) is 0. The molecular formula is C70H111NO8P+. The molecule has 0 amide bonds. The molecule has 0 bridgehead atoms. The summed E-state index contributed by atoms with van der Waals surface area (Å²) in [5.41, 5.74) is 0. The number of ether oxygens (including phenoxy) is 2. The lowest BCUT2D eigenvalue weighted by Crippen LogP contribution is -2.37. The number of hydrogen-bond acceptors (Lipinski definition) is 7. The quantitative estimate of drug-likeness (QED) is 0.0211. The molecule has 2 atom stereocenters. The highest BCUT2D eigenvalue weighted by Gasteiger charge is 2.27. The average molecular weight is 1130 g/mol. The van der Waals surface area contributed by atoms with E-state index in [0.717, 1.165) is 128 Å². The summed E-state index contributed by atoms with van der Waals surface area (Å²) < 4.78 is 34.5. The van der Waals surface area contributed by atoms with Gasteiger partial charge in [-0.05, 0) is 128 Å². The Morgan fingerprint density at radius 1 is 0.388 bits per heavy atom. The zero-order valence-electron chi connectivity index (χ0n) is 50.7. The molecule has 0 aliphatic rings. The predicted octanol–water partition coefficient (Wildman–Crippen LogP) is 19.6. The van der Waals surface area contributed by atoms with Crippen LogP contribution >= 0.6 is 7.82 Å². The minimum atomic E-state index is -4.41. The Labute approximate surface area is 489 Å². The molecule has 0 saturated carbocycles. The van der Waals surface area contributed by atoms with Crippen LogP contribution in [0.5, 0.6) is 0 Å². The van der Waals surface area contributed by atoms with Crippen molar-refractivity contribution in [1.29, 1.82) is 0 Å². The highest BCUT2D eigenvalue weighted by Crippen LogP contribution is 2.43. The third-order valence-corrected chi connectivity index (χ3v) is 12.9. The average Bonchev–Trinajstić information content (AvgIpc) is 3.42. The van der Waals surface area contributed by atoms with Crippen molar-refractivity contribution in [2.45, 2.75) is 200 Å². The van der Waals surface area contributed by atoms with Crippen molar-refractivity contribution < 1.29 is 42.1 Å². The Morgan fingerprint density at radius 2 is 0.688 bits per heavy atom. The molecule has 448 valence electrons. The van der Waals surface area contributed by atoms with Crippen LogP contribution in [0.3, 0.4) is 0 Å². The van der Waals surface area contributed by atoms with E-state index in [-0.39, 0.29) is 26.1 Å². The lowest BCUT2D eigenvalue weighted by Gasteiger charge is -2.24. The number of carbonyl (C=O) groups is 2. The maximum Gasteiger partial charge on any atom is 0.472 e. The van der Waals surface area contributed by atoms with Gasteiger partial charge in [0.1, 0.15) is 19.8 Å². The van der Waals surface area contributed by atoms with Gasteiger partial charge >= 0.3 is 19.8 Å². The fraction of sp³-hybridized carbons (Fsp3) is 0.543. The predicted molar refractivity (Wildman–Crippen MR) is 343 cm³/mol. The maximum atomic E-state index is 12.8. The van der Waals surface area contributed by atoms with Gasteiger partial charge in [-0.15, -0.1) is 0 Å². The molecule has 1 N–H and O–H groups in total. The topological polar surface area (TPSA) is 108 Å². The summed E-state index contributed by atoms with van der Waals surface area (Å²) in [6.45, 7) is 4.09. The van der Waals surface area contributed by atoms with Crippen LogP contribution in [0, 0.1) is 0 Å². The van der Waals surface area contributed by atoms with Crippen molar-refractivity contribution in [1.82, 2.24) is 0 Å². The molecule has 80 heavy (non-hydrogen) atoms. The van der Waals surface area contributed by atoms with Gasteiger partial charge in [0.2, 0.25) is 0 Å². The molecule has 9 nitrogen and oxygen atoms in total. The van der Waals surface area contributed by atoms with E-state index in [4.69, 9.17) is 18.5 Å². The normalized spacial score (nSPS) is 14.5. The van der Waals surface area contributed by atoms with E-state index in [1.165, 1.54) is 25.7 Å². The summed E-state index contributed by atoms with van der Waals surface area (Å²) in [4.78, 5) is 35.7. The largest absolute Gasteiger partial charge is 0.472 e. The molecule has 0 aliphatic heterocycles. The van der Waals surface area contributed by atoms with Gasteiger partial charge in [0.25, 0.3) is 0 Å². The second kappa shape index (κ2) is 58.8. The van der Waals surface area contributed by atoms with Gasteiger partial charge in [0, 0.05) is 12.8 Å². The van der Waals surface area contributed by atoms with E-state index >= 15 is 0 Å². The minimum absolute atomic E-state index is 0.0107. The van der Waals surface area contributed by atoms with Crippen LogP contribution < -0.4 is 0 Å². The van der Waals surface area contributed by atoms with Crippen molar-refractivity contribution >= 4 is 19.8 Å². The molecule has 0 aromatic heterocycles. The van der Waals surface area contributed by atoms with Gasteiger partial charge in [-0.1, -0.05) is 235 Å². The van der Waals surface area contributed by atoms with Gasteiger partial charge in [-0.2, -0.15) is 0 Å². The molecule has 0 aromatic rings. The Morgan fingerprint density at radius 3 is 1.04 bits per heavy atom. The fourth-order valence-electron chi connectivity index (χ4n) is 7.31. The van der Waals surface area contributed by atoms with Crippen molar-refractivity contribution in [3.05, 3.63) is 182 Å². The van der Waals surface area contributed by atoms with Gasteiger partial charge in [0.05, 0.1) is 27.7 Å². The Bertz CT molecular complexity index is 2000. The summed E-state index contributed by atoms with van der Waals surface area (Å²) in [6, 6.07) is 0. The first-order chi connectivity index (χ1) is 39.0. The van der Waals surface area contributed by atoms with Gasteiger partial charge in [0.15, 0.2) is 6.10 Å². The standard InChI is InChI=1S/C70H110NO8P/c1-6-8-10-12-14-16-18-20-22-24-25-26-27-28-29-30-31-32-33-34-35-36-37-38-39-40-41-42-43-44-45-47-49-51-53-55-57-59-61-63-70(73)79-68(67-78-80(74,75)77-65-64-71(3,4)5)66-76-69(72)62-60-58-56-54-52-50-48-46-23-21-19-17-15-13-11-9-7-2/h8-11,14-17,20-23,25-26,28-29,31-32,34-35,37-38,40-41,43-44,48,50,54,56,68H,6-7,12-13,18-19,24,27,30,33,36,39,42,45-47,49,51-53,55,57-67H2,1-5H3/p+1/b10-8-,11-9-,16-14-,17-15-,22-20-,23-21-,26-25-,29-28-,32-31-,35-34-,38-37-,41-40-,44-43-,50-48-,56-54-. The molecule has 0 spiro atoms. The lowest BCUT2D eigenvalue weighted by atomic mass is 10.1. The molecule has 0 fully saturated rings. The number of quaternary nitrogens is 1. The van der Waals surface area contributed by atoms with Crippen LogP contribution in [-0.4, -0.2) is 74.9 Å². The van der Waals surface area contributed by atoms with E-state index in [0.29, 0.717) is 23.9 Å². The number of esters is 2. The molecular weight excluding hydrogens is 1010 g/mol. The number of phosphoric ester groups is 1. The Hall–Kier alpha value is -4.89. The first-order valence-electron chi connectivity index (χ1n) is 30.5. The monoisotopic (exact) mass is 1120 g/mol. The van der Waals surface area contributed by atoms with Crippen LogP contribution in [0.15, 0.2) is 182 Å². The zero-order valence-corrected chi connectivity index (χ0v) is 51.6. The third kappa shape index (κ3) is 62.3. The number of rotatable bonds is 53. The third-order valence-electron chi connectivity index (χ3n) is 11.9. The fourth-order valence-corrected chi connectivity index (χ4v) is 8.05. The van der Waals surface area contributed by atoms with Crippen LogP contribution in [0.2, 0.25) is 0 Å². The van der Waals surface area contributed by atoms with Crippen LogP contribution in [0.25, 0.3) is 0 Å². The van der Waals surface area contributed by atoms with Gasteiger partial charge < -0.3 is 18.9 Å². The number of carbonyl (C=O) groups excluding carboxylic acids is 2. The van der Waals surface area contributed by atoms with Crippen LogP contribution in [0.4, 0.5) is 0 Å². The van der Waals surface area contributed by atoms with Crippen LogP contribution in [0.1, 0.15) is 194 Å². The summed E-state index contributed by atoms with van der Waals surface area (Å²) in [6.07, 6.45) is 91.3. The number of hydrogen-bond donors (Lipinski definition) is 1. The van der Waals surface area contributed by atoms with Crippen molar-refractivity contribution in [3.8, 4) is 0 Å². The number of phosphoric acid groups is 1. The zero-order chi connectivity index (χ0) is 58.4. The maximum absolute atomic E-state index is 12.8. The number of allylic oxidation sites excluding steroid dienone is 30. The molecule has 2 unspecified atom stereocenters. The number of unbranched alkanes of at least 4 members (excludes halogenated alkanes) is 9. The molecule has 0 radical (unpaired) electrons. The summed E-state index contributed by atoms with van der Waals surface area (Å²) in [5.74, 6) is -0.892. The number of nitrogens with zero attached hydrogens (tertiary/aromatic N) is 1. The van der Waals surface area contributed by atoms with Gasteiger partial charge in [-0.25, -0.2) is 4.57 Å². The molecule has 10 heteroatoms. The van der Waals surface area contributed by atoms with E-state index in [9.17, 15) is 19.0 Å². The van der Waals surface area contributed by atoms with E-state index < -0.39 is 32.5 Å². The highest BCUT2D eigenvalue weighted by atomic mass is 31.2. The smallest absolute Gasteiger partial charge is 0.462 e. The molecule has 0 aromatic carbocycles. The number of likely N-dealkylation sites (N-methyl/N-ethyl adjacent to an activating group) is 1. The summed E-state index contributed by atoms with van der Waals surface area (Å²) in [7, 11) is 1.41. The molecule has 0 rings (SSSR count). The second-order valence-electron chi connectivity index (χ2n) is 20.6. The van der Waals surface area contributed by atoms with Crippen molar-refractivity contribution in [2.75, 3.05) is 47.5 Å². The van der Waals surface area contributed by atoms with Crippen LogP contribution in [-0.2, 0) is 32.7 Å². The van der Waals surface area contributed by atoms with E-state index in [1.54, 1.807) is 0 Å². The Balaban J connectivity index is 4.21. The van der Waals surface area contributed by atoms with E-state index in [1.807, 2.05) is 21.1 Å². The highest BCUT2D eigenvalue weighted by molar-refractivity contribution is 7.47. The molecule has 0 heterocycles. The van der Waals surface area contributed by atoms with E-state index in [2.05, 4.69) is 196 Å². The lowest BCUT2D eigenvalue weighted by molar-refractivity contribution is -0.870. The summed E-state index contributed by atoms with van der Waals surface area (Å²) >= 11 is 0. The van der Waals surface area contributed by atoms with Crippen molar-refractivity contribution in [2.24, 2.45) is 0 Å². The SMILES string of the molecule is CC/C=C\C/C=C\C/C=C\C/C=C\C/C=C\C/C=C\C/C=C\C/C=C\C/C=C\C/C=C\CCCCCCCCCCC(=O)OC(COC(=O)CCC/C=C\C/C=C\C/C=C\C/C=C\C/C=C\CC)COP(=O)(O)OCC[N+](C)(C)C. The first kappa shape index (κ1) is 75.1.